The van der Waals surface area contributed by atoms with Crippen LogP contribution in [0.5, 0.6) is 0 Å². The molecule has 8 N–H and O–H groups in total. The highest BCUT2D eigenvalue weighted by molar-refractivity contribution is 5.98. The fraction of sp³-hybridized carbons (Fsp3) is 0.517. The van der Waals surface area contributed by atoms with Crippen LogP contribution >= 0.6 is 0 Å². The van der Waals surface area contributed by atoms with E-state index in [1.54, 1.807) is 52.2 Å². The molecule has 9 rings (SSSR count). The van der Waals surface area contributed by atoms with E-state index in [0.717, 1.165) is 49.7 Å². The van der Waals surface area contributed by atoms with Gasteiger partial charge in [-0.15, -0.1) is 0 Å². The first-order chi connectivity index (χ1) is 35.7. The Labute approximate surface area is 436 Å². The van der Waals surface area contributed by atoms with Gasteiger partial charge in [-0.25, -0.2) is 0 Å². The van der Waals surface area contributed by atoms with Gasteiger partial charge in [-0.1, -0.05) is 60.4 Å². The average molecular weight is 1010 g/mol. The smallest absolute Gasteiger partial charge is 0.251 e. The molecule has 74 heavy (non-hydrogen) atoms. The highest BCUT2D eigenvalue weighted by Gasteiger charge is 2.45. The first-order valence-electron chi connectivity index (χ1n) is 26.6. The number of carbonyl (C=O) groups is 6. The molecule has 2 saturated heterocycles. The third kappa shape index (κ3) is 12.7. The molecule has 2 fully saturated rings. The number of nitrogens with one attached hydrogen (secondary N) is 8. The molecule has 14 atom stereocenters. The molecule has 16 nitrogen and oxygen atoms in total. The Kier molecular flexibility index (Phi) is 17.9. The van der Waals surface area contributed by atoms with Gasteiger partial charge in [0.25, 0.3) is 11.8 Å². The van der Waals surface area contributed by atoms with Crippen LogP contribution in [0.4, 0.5) is 0 Å². The highest BCUT2D eigenvalue weighted by Crippen LogP contribution is 2.33. The molecule has 6 aliphatic rings. The van der Waals surface area contributed by atoms with Crippen LogP contribution in [0.25, 0.3) is 0 Å². The van der Waals surface area contributed by atoms with Crippen LogP contribution < -0.4 is 42.5 Å². The summed E-state index contributed by atoms with van der Waals surface area (Å²) in [6, 6.07) is 17.5. The van der Waals surface area contributed by atoms with Gasteiger partial charge in [0.05, 0.1) is 48.3 Å². The summed E-state index contributed by atoms with van der Waals surface area (Å²) in [4.78, 5) is 88.5. The Balaban J connectivity index is 1.11. The molecular weight excluding hydrogens is 933 g/mol. The number of fused-ring (bicyclic) bond motifs is 13. The van der Waals surface area contributed by atoms with E-state index in [4.69, 9.17) is 0 Å². The third-order valence-corrected chi connectivity index (χ3v) is 16.1. The minimum absolute atomic E-state index is 0.152. The number of likely N-dealkylation sites (N-methyl/N-ethyl adjacent to an activating group) is 2. The number of rotatable bonds is 10. The van der Waals surface area contributed by atoms with Gasteiger partial charge in [0.2, 0.25) is 23.6 Å². The van der Waals surface area contributed by atoms with Crippen molar-refractivity contribution in [2.75, 3.05) is 27.2 Å². The van der Waals surface area contributed by atoms with Gasteiger partial charge >= 0.3 is 0 Å². The van der Waals surface area contributed by atoms with Crippen LogP contribution in [0, 0.1) is 23.7 Å². The minimum atomic E-state index is -0.640. The summed E-state index contributed by atoms with van der Waals surface area (Å²) >= 11 is 0. The molecule has 0 spiro atoms. The van der Waals surface area contributed by atoms with E-state index in [2.05, 4.69) is 100 Å². The monoisotopic (exact) mass is 1010 g/mol. The number of carbonyl (C=O) groups excluding carboxylic acids is 6. The van der Waals surface area contributed by atoms with E-state index in [0.29, 0.717) is 37.1 Å². The van der Waals surface area contributed by atoms with Crippen LogP contribution in [-0.4, -0.2) is 133 Å². The average Bonchev–Trinajstić information content (AvgIpc) is 4.05. The normalized spacial score (nSPS) is 29.6. The number of amides is 6. The molecule has 2 aliphatic carbocycles. The molecule has 4 heterocycles. The van der Waals surface area contributed by atoms with Crippen LogP contribution in [0.2, 0.25) is 0 Å². The molecule has 6 bridgehead atoms. The number of benzene rings is 3. The summed E-state index contributed by atoms with van der Waals surface area (Å²) in [5.41, 5.74) is 5.39. The molecule has 3 aromatic rings. The van der Waals surface area contributed by atoms with Crippen molar-refractivity contribution in [2.24, 2.45) is 0 Å². The number of nitrogens with zero attached hydrogens (tertiary/aromatic N) is 2. The summed E-state index contributed by atoms with van der Waals surface area (Å²) in [7, 11) is 3.43. The maximum atomic E-state index is 14.6. The molecule has 4 unspecified atom stereocenters. The summed E-state index contributed by atoms with van der Waals surface area (Å²) in [6.07, 6.45) is 6.50. The zero-order chi connectivity index (χ0) is 52.5. The van der Waals surface area contributed by atoms with Crippen molar-refractivity contribution in [3.8, 4) is 23.7 Å². The maximum Gasteiger partial charge on any atom is 0.251 e. The molecule has 16 heteroatoms. The summed E-state index contributed by atoms with van der Waals surface area (Å²) < 4.78 is 0. The Bertz CT molecular complexity index is 2490. The Morgan fingerprint density at radius 3 is 1.36 bits per heavy atom. The quantitative estimate of drug-likeness (QED) is 0.140. The number of hydrogen-bond donors (Lipinski definition) is 8. The van der Waals surface area contributed by atoms with E-state index in [1.165, 1.54) is 11.1 Å². The van der Waals surface area contributed by atoms with Crippen LogP contribution in [0.3, 0.4) is 0 Å². The van der Waals surface area contributed by atoms with Crippen LogP contribution in [0.15, 0.2) is 72.8 Å². The second kappa shape index (κ2) is 24.6. The standard InChI is InChI=1S/C58H74N10O6/c1-35(59-5)53(69)63-47-23-9-7-8-10-24-48(64-54(70)36(2)60-6)38(4)68-34-44(32-52(68)58(74)66-50-26-16-20-40-18-12-14-22-46(40)50)62-56(72)42-29-27-41(28-30-42)55(71)61-43-31-51(67(33-43)37(47)3)57(73)65-49-25-15-19-39-17-11-13-21-45(39)49/h11-14,17-18,21-22,27-30,35-38,43-44,47-52,59-60H,15-16,19-20,23-26,31-34H2,1-6H3,(H,61,71)(H,62,72)(H,63,69)(H,64,70)(H,65,73)(H,66,74)/t35-,36-,37?,38?,43-,44-,47-,48-,49+,50+,51-,52-/m0/s1. The van der Waals surface area contributed by atoms with Crippen LogP contribution in [0.1, 0.15) is 134 Å². The Morgan fingerprint density at radius 2 is 0.973 bits per heavy atom. The van der Waals surface area contributed by atoms with Crippen molar-refractivity contribution in [1.82, 2.24) is 52.3 Å². The van der Waals surface area contributed by atoms with Gasteiger partial charge < -0.3 is 42.5 Å². The fourth-order valence-electron chi connectivity index (χ4n) is 11.4. The van der Waals surface area contributed by atoms with Gasteiger partial charge in [0.1, 0.15) is 0 Å². The lowest BCUT2D eigenvalue weighted by Crippen LogP contribution is -2.57. The molecule has 4 aliphatic heterocycles. The molecular formula is C58H74N10O6. The zero-order valence-electron chi connectivity index (χ0n) is 43.7. The molecule has 0 saturated carbocycles. The minimum Gasteiger partial charge on any atom is -0.349 e. The summed E-state index contributed by atoms with van der Waals surface area (Å²) in [5, 5.41) is 25.5. The lowest BCUT2D eigenvalue weighted by Gasteiger charge is -2.36. The van der Waals surface area contributed by atoms with E-state index in [9.17, 15) is 28.8 Å². The number of hydrogen-bond acceptors (Lipinski definition) is 10. The SMILES string of the molecule is CN[C@@H](C)C(=O)N[C@H]1CC#CC#CC[C@H](NC(=O)[C@H](C)NC)C(C)N2C[C@H](C[C@H]2C(=O)N[C@@H]2CCCc3ccccc32)NC(=O)c2ccc(cc2)C(=O)N[C@H]2C[C@@H](C(=O)N[C@@H]3CCCc4ccccc43)N(C2)C1C. The van der Waals surface area contributed by atoms with Crippen LogP contribution in [-0.2, 0) is 32.0 Å². The van der Waals surface area contributed by atoms with Crippen molar-refractivity contribution >= 4 is 35.4 Å². The maximum absolute atomic E-state index is 14.6. The predicted molar refractivity (Wildman–Crippen MR) is 284 cm³/mol. The second-order valence-electron chi connectivity index (χ2n) is 20.9. The van der Waals surface area contributed by atoms with Crippen molar-refractivity contribution < 1.29 is 28.8 Å². The lowest BCUT2D eigenvalue weighted by molar-refractivity contribution is -0.128. The van der Waals surface area contributed by atoms with Gasteiger partial charge in [0, 0.05) is 61.2 Å². The van der Waals surface area contributed by atoms with Crippen molar-refractivity contribution in [2.45, 2.75) is 164 Å². The first kappa shape index (κ1) is 53.7. The van der Waals surface area contributed by atoms with Crippen molar-refractivity contribution in [1.29, 1.82) is 0 Å². The fourth-order valence-corrected chi connectivity index (χ4v) is 11.4. The molecule has 392 valence electrons. The lowest BCUT2D eigenvalue weighted by atomic mass is 9.87. The highest BCUT2D eigenvalue weighted by atomic mass is 16.2. The first-order valence-corrected chi connectivity index (χ1v) is 26.6. The topological polar surface area (TPSA) is 205 Å². The zero-order valence-corrected chi connectivity index (χ0v) is 43.7. The van der Waals surface area contributed by atoms with E-state index in [1.807, 2.05) is 38.1 Å². The summed E-state index contributed by atoms with van der Waals surface area (Å²) in [5.74, 6) is 11.0. The Hall–Kier alpha value is -6.56. The van der Waals surface area contributed by atoms with Gasteiger partial charge in [-0.05, 0) is 152 Å². The second-order valence-corrected chi connectivity index (χ2v) is 20.9. The molecule has 6 amide bonds. The van der Waals surface area contributed by atoms with E-state index in [-0.39, 0.29) is 60.4 Å². The predicted octanol–water partition coefficient (Wildman–Crippen LogP) is 3.18. The molecule has 3 aromatic carbocycles. The summed E-state index contributed by atoms with van der Waals surface area (Å²) in [6.45, 7) is 8.16. The largest absolute Gasteiger partial charge is 0.349 e. The molecule has 0 aromatic heterocycles. The third-order valence-electron chi connectivity index (χ3n) is 16.1. The van der Waals surface area contributed by atoms with Gasteiger partial charge in [-0.2, -0.15) is 0 Å². The molecule has 0 radical (unpaired) electrons. The van der Waals surface area contributed by atoms with Crippen molar-refractivity contribution in [3.05, 3.63) is 106 Å². The van der Waals surface area contributed by atoms with E-state index >= 15 is 0 Å². The van der Waals surface area contributed by atoms with Gasteiger partial charge in [0.15, 0.2) is 0 Å². The van der Waals surface area contributed by atoms with E-state index < -0.39 is 60.4 Å². The van der Waals surface area contributed by atoms with Crippen molar-refractivity contribution in [3.63, 3.8) is 0 Å². The number of aryl methyl sites for hydroxylation is 2. The Morgan fingerprint density at radius 1 is 0.581 bits per heavy atom. The van der Waals surface area contributed by atoms with Gasteiger partial charge in [-0.3, -0.25) is 38.6 Å².